The Morgan fingerprint density at radius 2 is 1.87 bits per heavy atom. The second-order valence-corrected chi connectivity index (χ2v) is 7.12. The molecule has 3 fully saturated rings. The Kier molecular flexibility index (Phi) is 3.43. The van der Waals surface area contributed by atoms with Crippen LogP contribution < -0.4 is 0 Å². The van der Waals surface area contributed by atoms with Crippen LogP contribution >= 0.6 is 0 Å². The van der Waals surface area contributed by atoms with Crippen LogP contribution in [-0.4, -0.2) is 29.4 Å². The number of amides is 1. The number of hydrogen-bond acceptors (Lipinski definition) is 3. The number of rotatable bonds is 3. The van der Waals surface area contributed by atoms with Gasteiger partial charge >= 0.3 is 5.97 Å². The number of benzene rings is 1. The van der Waals surface area contributed by atoms with Crippen molar-refractivity contribution in [2.45, 2.75) is 50.7 Å². The molecular formula is C19H23NO3. The highest BCUT2D eigenvalue weighted by Crippen LogP contribution is 2.65. The predicted molar refractivity (Wildman–Crippen MR) is 85.5 cm³/mol. The molecule has 1 heterocycles. The van der Waals surface area contributed by atoms with Crippen molar-refractivity contribution in [1.29, 1.82) is 0 Å². The van der Waals surface area contributed by atoms with Crippen molar-refractivity contribution >= 4 is 11.9 Å². The number of likely N-dealkylation sites (tertiary alicyclic amines) is 1. The van der Waals surface area contributed by atoms with E-state index in [1.807, 2.05) is 30.3 Å². The second-order valence-electron chi connectivity index (χ2n) is 7.12. The van der Waals surface area contributed by atoms with Gasteiger partial charge in [-0.2, -0.15) is 0 Å². The fourth-order valence-corrected chi connectivity index (χ4v) is 4.76. The number of hydrogen-bond donors (Lipinski definition) is 0. The number of esters is 1. The van der Waals surface area contributed by atoms with Crippen LogP contribution in [0.25, 0.3) is 0 Å². The predicted octanol–water partition coefficient (Wildman–Crippen LogP) is 2.87. The zero-order valence-electron chi connectivity index (χ0n) is 13.5. The van der Waals surface area contributed by atoms with Crippen LogP contribution in [0.4, 0.5) is 0 Å². The van der Waals surface area contributed by atoms with Crippen molar-refractivity contribution in [3.8, 4) is 0 Å². The molecule has 1 aliphatic heterocycles. The first-order valence-corrected chi connectivity index (χ1v) is 8.70. The van der Waals surface area contributed by atoms with E-state index in [2.05, 4.69) is 4.90 Å². The highest BCUT2D eigenvalue weighted by atomic mass is 16.6. The van der Waals surface area contributed by atoms with Crippen LogP contribution in [0.15, 0.2) is 30.3 Å². The number of carbonyl (C=O) groups is 2. The molecule has 0 N–H and O–H groups in total. The fourth-order valence-electron chi connectivity index (χ4n) is 4.76. The molecule has 4 rings (SSSR count). The van der Waals surface area contributed by atoms with Crippen molar-refractivity contribution in [1.82, 2.24) is 4.90 Å². The van der Waals surface area contributed by atoms with Gasteiger partial charge in [-0.15, -0.1) is 0 Å². The molecule has 0 bridgehead atoms. The van der Waals surface area contributed by atoms with Crippen LogP contribution in [0.2, 0.25) is 0 Å². The van der Waals surface area contributed by atoms with Gasteiger partial charge in [0.05, 0.1) is 5.92 Å². The molecule has 0 spiro atoms. The summed E-state index contributed by atoms with van der Waals surface area (Å²) < 4.78 is 5.72. The molecule has 122 valence electrons. The van der Waals surface area contributed by atoms with E-state index in [0.717, 1.165) is 24.9 Å². The lowest BCUT2D eigenvalue weighted by atomic mass is 9.93. The Labute approximate surface area is 136 Å². The van der Waals surface area contributed by atoms with Crippen LogP contribution in [0.3, 0.4) is 0 Å². The average Bonchev–Trinajstić information content (AvgIpc) is 3.05. The van der Waals surface area contributed by atoms with Crippen molar-refractivity contribution in [3.63, 3.8) is 0 Å². The molecule has 1 amide bonds. The van der Waals surface area contributed by atoms with Crippen molar-refractivity contribution in [3.05, 3.63) is 35.9 Å². The number of piperidine rings is 1. The minimum Gasteiger partial charge on any atom is -0.453 e. The molecule has 2 aliphatic carbocycles. The van der Waals surface area contributed by atoms with Crippen LogP contribution in [0.5, 0.6) is 0 Å². The molecule has 3 atom stereocenters. The largest absolute Gasteiger partial charge is 0.453 e. The summed E-state index contributed by atoms with van der Waals surface area (Å²) in [7, 11) is 0. The maximum absolute atomic E-state index is 13.0. The Bertz CT molecular complexity index is 623. The van der Waals surface area contributed by atoms with Gasteiger partial charge in [0.15, 0.2) is 5.60 Å². The summed E-state index contributed by atoms with van der Waals surface area (Å²) in [4.78, 5) is 26.7. The number of carbonyl (C=O) groups excluding carboxylic acids is 2. The van der Waals surface area contributed by atoms with E-state index < -0.39 is 5.60 Å². The summed E-state index contributed by atoms with van der Waals surface area (Å²) in [5.74, 6) is -0.189. The molecule has 1 aromatic carbocycles. The second kappa shape index (κ2) is 5.36. The lowest BCUT2D eigenvalue weighted by Gasteiger charge is -2.35. The van der Waals surface area contributed by atoms with E-state index in [-0.39, 0.29) is 23.7 Å². The third-order valence-corrected chi connectivity index (χ3v) is 5.80. The summed E-state index contributed by atoms with van der Waals surface area (Å²) in [6.45, 7) is 2.17. The van der Waals surface area contributed by atoms with Crippen LogP contribution in [0.1, 0.15) is 44.6 Å². The van der Waals surface area contributed by atoms with Crippen LogP contribution in [0, 0.1) is 11.8 Å². The van der Waals surface area contributed by atoms with E-state index in [4.69, 9.17) is 4.74 Å². The molecule has 4 nitrogen and oxygen atoms in total. The molecule has 0 unspecified atom stereocenters. The molecule has 1 aromatic rings. The van der Waals surface area contributed by atoms with Crippen molar-refractivity contribution in [2.24, 2.45) is 11.8 Å². The third-order valence-electron chi connectivity index (χ3n) is 5.80. The zero-order valence-corrected chi connectivity index (χ0v) is 13.5. The van der Waals surface area contributed by atoms with E-state index in [0.29, 0.717) is 6.04 Å². The van der Waals surface area contributed by atoms with Gasteiger partial charge < -0.3 is 9.64 Å². The Balaban J connectivity index is 1.59. The SMILES string of the molecule is CC(=O)O[C@@]1(c2ccccc2)[C@@H]2C(=O)N(C3CCCCC3)C[C@@H]21. The van der Waals surface area contributed by atoms with Gasteiger partial charge in [0.1, 0.15) is 0 Å². The normalized spacial score (nSPS) is 33.4. The van der Waals surface area contributed by atoms with Gasteiger partial charge in [-0.1, -0.05) is 49.6 Å². The fraction of sp³-hybridized carbons (Fsp3) is 0.579. The zero-order chi connectivity index (χ0) is 16.0. The summed E-state index contributed by atoms with van der Waals surface area (Å²) in [5.41, 5.74) is 0.247. The molecular weight excluding hydrogens is 290 g/mol. The minimum atomic E-state index is -0.713. The Hall–Kier alpha value is -1.84. The maximum atomic E-state index is 13.0. The first-order valence-electron chi connectivity index (χ1n) is 8.70. The Morgan fingerprint density at radius 1 is 1.17 bits per heavy atom. The lowest BCUT2D eigenvalue weighted by Crippen LogP contribution is -2.43. The highest BCUT2D eigenvalue weighted by Gasteiger charge is 2.77. The molecule has 2 saturated carbocycles. The van der Waals surface area contributed by atoms with E-state index in [1.165, 1.54) is 26.2 Å². The number of nitrogens with zero attached hydrogens (tertiary/aromatic N) is 1. The summed E-state index contributed by atoms with van der Waals surface area (Å²) in [6.07, 6.45) is 5.97. The van der Waals surface area contributed by atoms with Crippen LogP contribution in [-0.2, 0) is 19.9 Å². The molecule has 23 heavy (non-hydrogen) atoms. The van der Waals surface area contributed by atoms with Gasteiger partial charge in [0, 0.05) is 25.4 Å². The van der Waals surface area contributed by atoms with E-state index in [9.17, 15) is 9.59 Å². The van der Waals surface area contributed by atoms with Gasteiger partial charge in [0.25, 0.3) is 0 Å². The van der Waals surface area contributed by atoms with Gasteiger partial charge in [-0.25, -0.2) is 0 Å². The quantitative estimate of drug-likeness (QED) is 0.806. The number of ether oxygens (including phenoxy) is 1. The minimum absolute atomic E-state index is 0.114. The lowest BCUT2D eigenvalue weighted by molar-refractivity contribution is -0.155. The topological polar surface area (TPSA) is 46.6 Å². The standard InChI is InChI=1S/C19H23NO3/c1-13(21)23-19(14-8-4-2-5-9-14)16-12-20(18(22)17(16)19)15-10-6-3-7-11-15/h2,4-5,8-9,15-17H,3,6-7,10-12H2,1H3/t16-,17-,19+/m0/s1. The molecule has 0 radical (unpaired) electrons. The van der Waals surface area contributed by atoms with Gasteiger partial charge in [-0.3, -0.25) is 9.59 Å². The molecule has 1 saturated heterocycles. The highest BCUT2D eigenvalue weighted by molar-refractivity contribution is 5.89. The first kappa shape index (κ1) is 14.7. The third kappa shape index (κ3) is 2.19. The van der Waals surface area contributed by atoms with Gasteiger partial charge in [-0.05, 0) is 18.4 Å². The summed E-state index contributed by atoms with van der Waals surface area (Å²) in [5, 5.41) is 0. The monoisotopic (exact) mass is 313 g/mol. The number of fused-ring (bicyclic) bond motifs is 1. The first-order chi connectivity index (χ1) is 11.1. The molecule has 4 heteroatoms. The molecule has 3 aliphatic rings. The Morgan fingerprint density at radius 3 is 2.43 bits per heavy atom. The van der Waals surface area contributed by atoms with Crippen molar-refractivity contribution < 1.29 is 14.3 Å². The molecule has 0 aromatic heterocycles. The maximum Gasteiger partial charge on any atom is 0.303 e. The smallest absolute Gasteiger partial charge is 0.303 e. The van der Waals surface area contributed by atoms with Gasteiger partial charge in [0.2, 0.25) is 5.91 Å². The summed E-state index contributed by atoms with van der Waals surface area (Å²) in [6, 6.07) is 10.2. The van der Waals surface area contributed by atoms with E-state index >= 15 is 0 Å². The average molecular weight is 313 g/mol. The van der Waals surface area contributed by atoms with Crippen molar-refractivity contribution in [2.75, 3.05) is 6.54 Å². The summed E-state index contributed by atoms with van der Waals surface area (Å²) >= 11 is 0. The van der Waals surface area contributed by atoms with E-state index in [1.54, 1.807) is 0 Å².